The Kier molecular flexibility index (Phi) is 2.31. The molecule has 68 valence electrons. The lowest BCUT2D eigenvalue weighted by atomic mass is 10.4. The van der Waals surface area contributed by atoms with Gasteiger partial charge in [0.15, 0.2) is 0 Å². The van der Waals surface area contributed by atoms with E-state index in [0.717, 1.165) is 29.5 Å². The van der Waals surface area contributed by atoms with Gasteiger partial charge in [0, 0.05) is 16.7 Å². The van der Waals surface area contributed by atoms with E-state index in [2.05, 4.69) is 20.9 Å². The summed E-state index contributed by atoms with van der Waals surface area (Å²) in [5.41, 5.74) is 0. The fourth-order valence-electron chi connectivity index (χ4n) is 1.20. The summed E-state index contributed by atoms with van der Waals surface area (Å²) in [5, 5.41) is 0. The van der Waals surface area contributed by atoms with Gasteiger partial charge in [-0.1, -0.05) is 0 Å². The van der Waals surface area contributed by atoms with Gasteiger partial charge in [0.25, 0.3) is 0 Å². The Labute approximate surface area is 84.9 Å². The summed E-state index contributed by atoms with van der Waals surface area (Å²) >= 11 is 3.30. The first-order chi connectivity index (χ1) is 6.31. The minimum absolute atomic E-state index is 0.381. The number of anilines is 1. The maximum atomic E-state index is 10.7. The molecule has 13 heavy (non-hydrogen) atoms. The quantitative estimate of drug-likeness (QED) is 0.758. The first-order valence-corrected chi connectivity index (χ1v) is 4.96. The summed E-state index contributed by atoms with van der Waals surface area (Å²) in [4.78, 5) is 16.6. The van der Waals surface area contributed by atoms with Crippen LogP contribution in [-0.4, -0.2) is 17.4 Å². The van der Waals surface area contributed by atoms with Gasteiger partial charge in [-0.15, -0.1) is 0 Å². The first-order valence-electron chi connectivity index (χ1n) is 4.16. The molecular weight excluding hydrogens is 232 g/mol. The molecule has 0 N–H and O–H groups in total. The van der Waals surface area contributed by atoms with E-state index in [-0.39, 0.29) is 0 Å². The zero-order valence-corrected chi connectivity index (χ0v) is 8.57. The second kappa shape index (κ2) is 3.46. The second-order valence-electron chi connectivity index (χ2n) is 3.08. The van der Waals surface area contributed by atoms with Crippen LogP contribution in [0.15, 0.2) is 22.8 Å². The lowest BCUT2D eigenvalue weighted by molar-refractivity contribution is -0.107. The van der Waals surface area contributed by atoms with Crippen LogP contribution < -0.4 is 4.90 Å². The fourth-order valence-corrected chi connectivity index (χ4v) is 1.44. The lowest BCUT2D eigenvalue weighted by Gasteiger charge is -2.14. The molecule has 0 radical (unpaired) electrons. The normalized spacial score (nSPS) is 15.5. The van der Waals surface area contributed by atoms with Crippen molar-refractivity contribution >= 4 is 28.2 Å². The number of halogens is 1. The Bertz CT molecular complexity index is 308. The largest absolute Gasteiger partial charge is 0.296 e. The lowest BCUT2D eigenvalue weighted by Crippen LogP contribution is -2.24. The molecule has 0 atom stereocenters. The Morgan fingerprint density at radius 2 is 2.31 bits per heavy atom. The summed E-state index contributed by atoms with van der Waals surface area (Å²) in [6.07, 6.45) is 4.75. The smallest absolute Gasteiger partial charge is 0.215 e. The third-order valence-electron chi connectivity index (χ3n) is 2.03. The minimum atomic E-state index is 0.381. The summed E-state index contributed by atoms with van der Waals surface area (Å²) in [7, 11) is 0. The zero-order valence-electron chi connectivity index (χ0n) is 6.98. The van der Waals surface area contributed by atoms with Gasteiger partial charge in [-0.3, -0.25) is 9.69 Å². The molecule has 3 nitrogen and oxygen atoms in total. The van der Waals surface area contributed by atoms with Crippen molar-refractivity contribution in [2.24, 2.45) is 0 Å². The molecule has 4 heteroatoms. The van der Waals surface area contributed by atoms with Gasteiger partial charge >= 0.3 is 0 Å². The van der Waals surface area contributed by atoms with E-state index in [1.54, 1.807) is 11.1 Å². The SMILES string of the molecule is O=CN(c1ccc(Br)cn1)C1CC1. The van der Waals surface area contributed by atoms with Crippen molar-refractivity contribution in [1.29, 1.82) is 0 Å². The minimum Gasteiger partial charge on any atom is -0.296 e. The molecule has 2 rings (SSSR count). The number of carbonyl (C=O) groups excluding carboxylic acids is 1. The van der Waals surface area contributed by atoms with Gasteiger partial charge in [0.05, 0.1) is 0 Å². The molecule has 0 aromatic carbocycles. The maximum absolute atomic E-state index is 10.7. The Hall–Kier alpha value is -0.900. The molecular formula is C9H9BrN2O. The van der Waals surface area contributed by atoms with Crippen molar-refractivity contribution in [2.45, 2.75) is 18.9 Å². The van der Waals surface area contributed by atoms with Gasteiger partial charge < -0.3 is 0 Å². The Balaban J connectivity index is 2.21. The van der Waals surface area contributed by atoms with Crippen LogP contribution in [0.5, 0.6) is 0 Å². The zero-order chi connectivity index (χ0) is 9.26. The van der Waals surface area contributed by atoms with E-state index in [1.165, 1.54) is 0 Å². The Morgan fingerprint density at radius 3 is 2.77 bits per heavy atom. The fraction of sp³-hybridized carbons (Fsp3) is 0.333. The van der Waals surface area contributed by atoms with Crippen LogP contribution in [0.2, 0.25) is 0 Å². The summed E-state index contributed by atoms with van der Waals surface area (Å²) in [6, 6.07) is 4.11. The molecule has 1 heterocycles. The predicted molar refractivity (Wildman–Crippen MR) is 53.5 cm³/mol. The van der Waals surface area contributed by atoms with E-state index in [1.807, 2.05) is 12.1 Å². The van der Waals surface area contributed by atoms with Crippen molar-refractivity contribution in [3.05, 3.63) is 22.8 Å². The van der Waals surface area contributed by atoms with E-state index in [4.69, 9.17) is 0 Å². The van der Waals surface area contributed by atoms with Gasteiger partial charge in [-0.05, 0) is 40.9 Å². The van der Waals surface area contributed by atoms with Crippen LogP contribution >= 0.6 is 15.9 Å². The number of pyridine rings is 1. The summed E-state index contributed by atoms with van der Waals surface area (Å²) < 4.78 is 0.929. The van der Waals surface area contributed by atoms with Crippen LogP contribution in [0.3, 0.4) is 0 Å². The molecule has 0 spiro atoms. The number of hydrogen-bond donors (Lipinski definition) is 0. The van der Waals surface area contributed by atoms with Crippen molar-refractivity contribution in [3.63, 3.8) is 0 Å². The molecule has 1 aromatic rings. The number of carbonyl (C=O) groups is 1. The standard InChI is InChI=1S/C9H9BrN2O/c10-7-1-4-9(11-5-7)12(6-13)8-2-3-8/h1,4-6,8H,2-3H2. The van der Waals surface area contributed by atoms with Crippen molar-refractivity contribution in [2.75, 3.05) is 4.90 Å². The second-order valence-corrected chi connectivity index (χ2v) is 3.99. The Morgan fingerprint density at radius 1 is 1.54 bits per heavy atom. The van der Waals surface area contributed by atoms with Crippen LogP contribution in [0.1, 0.15) is 12.8 Å². The van der Waals surface area contributed by atoms with Gasteiger partial charge in [-0.2, -0.15) is 0 Å². The molecule has 0 bridgehead atoms. The summed E-state index contributed by atoms with van der Waals surface area (Å²) in [5.74, 6) is 0.737. The molecule has 1 fully saturated rings. The highest BCUT2D eigenvalue weighted by molar-refractivity contribution is 9.10. The molecule has 1 aliphatic carbocycles. The molecule has 0 aliphatic heterocycles. The van der Waals surface area contributed by atoms with Crippen LogP contribution in [0.25, 0.3) is 0 Å². The van der Waals surface area contributed by atoms with Gasteiger partial charge in [0.1, 0.15) is 5.82 Å². The van der Waals surface area contributed by atoms with Crippen LogP contribution in [0, 0.1) is 0 Å². The highest BCUT2D eigenvalue weighted by Crippen LogP contribution is 2.29. The monoisotopic (exact) mass is 240 g/mol. The van der Waals surface area contributed by atoms with Crippen LogP contribution in [-0.2, 0) is 4.79 Å². The summed E-state index contributed by atoms with van der Waals surface area (Å²) in [6.45, 7) is 0. The number of nitrogens with zero attached hydrogens (tertiary/aromatic N) is 2. The topological polar surface area (TPSA) is 33.2 Å². The molecule has 1 aliphatic rings. The number of rotatable bonds is 3. The van der Waals surface area contributed by atoms with Crippen molar-refractivity contribution in [1.82, 2.24) is 4.98 Å². The highest BCUT2D eigenvalue weighted by atomic mass is 79.9. The average Bonchev–Trinajstić information content (AvgIpc) is 2.93. The molecule has 0 saturated heterocycles. The van der Waals surface area contributed by atoms with E-state index in [0.29, 0.717) is 6.04 Å². The third-order valence-corrected chi connectivity index (χ3v) is 2.50. The van der Waals surface area contributed by atoms with E-state index >= 15 is 0 Å². The van der Waals surface area contributed by atoms with Gasteiger partial charge in [0.2, 0.25) is 6.41 Å². The molecule has 1 saturated carbocycles. The van der Waals surface area contributed by atoms with E-state index < -0.39 is 0 Å². The van der Waals surface area contributed by atoms with Crippen molar-refractivity contribution in [3.8, 4) is 0 Å². The molecule has 1 amide bonds. The van der Waals surface area contributed by atoms with Crippen molar-refractivity contribution < 1.29 is 4.79 Å². The van der Waals surface area contributed by atoms with Gasteiger partial charge in [-0.25, -0.2) is 4.98 Å². The molecule has 1 aromatic heterocycles. The third kappa shape index (κ3) is 1.88. The molecule has 0 unspecified atom stereocenters. The predicted octanol–water partition coefficient (Wildman–Crippen LogP) is 1.97. The van der Waals surface area contributed by atoms with Crippen LogP contribution in [0.4, 0.5) is 5.82 Å². The number of amides is 1. The number of hydrogen-bond acceptors (Lipinski definition) is 2. The first kappa shape index (κ1) is 8.69. The van der Waals surface area contributed by atoms with E-state index in [9.17, 15) is 4.79 Å². The number of aromatic nitrogens is 1. The maximum Gasteiger partial charge on any atom is 0.215 e. The average molecular weight is 241 g/mol. The highest BCUT2D eigenvalue weighted by Gasteiger charge is 2.29.